The van der Waals surface area contributed by atoms with Crippen molar-refractivity contribution in [1.29, 1.82) is 0 Å². The summed E-state index contributed by atoms with van der Waals surface area (Å²) < 4.78 is 17.0. The fraction of sp³-hybridized carbons (Fsp3) is 0.821. The summed E-state index contributed by atoms with van der Waals surface area (Å²) >= 11 is 0. The average molecular weight is 504 g/mol. The van der Waals surface area contributed by atoms with Gasteiger partial charge in [-0.15, -0.1) is 0 Å². The number of aliphatic hydroxyl groups excluding tert-OH is 2. The van der Waals surface area contributed by atoms with Crippen LogP contribution in [0.5, 0.6) is 0 Å². The van der Waals surface area contributed by atoms with Crippen molar-refractivity contribution in [1.82, 2.24) is 0 Å². The fourth-order valence-electron chi connectivity index (χ4n) is 9.07. The van der Waals surface area contributed by atoms with E-state index in [1.54, 1.807) is 6.08 Å². The smallest absolute Gasteiger partial charge is 0.331 e. The molecular formula is C28H41NO7. The number of rotatable bonds is 3. The van der Waals surface area contributed by atoms with Crippen LogP contribution in [0.3, 0.4) is 0 Å². The normalized spacial score (nSPS) is 52.6. The molecule has 0 radical (unpaired) electrons. The van der Waals surface area contributed by atoms with Crippen molar-refractivity contribution < 1.29 is 34.3 Å². The Morgan fingerprint density at radius 3 is 2.61 bits per heavy atom. The molecule has 4 aliphatic carbocycles. The molecule has 2 heterocycles. The van der Waals surface area contributed by atoms with E-state index < -0.39 is 30.1 Å². The van der Waals surface area contributed by atoms with Gasteiger partial charge in [0.2, 0.25) is 0 Å². The second kappa shape index (κ2) is 8.61. The van der Waals surface area contributed by atoms with Crippen LogP contribution in [-0.4, -0.2) is 70.7 Å². The van der Waals surface area contributed by atoms with E-state index in [0.717, 1.165) is 56.9 Å². The Morgan fingerprint density at radius 2 is 1.86 bits per heavy atom. The Labute approximate surface area is 212 Å². The average Bonchev–Trinajstić information content (AvgIpc) is 3.39. The van der Waals surface area contributed by atoms with Crippen molar-refractivity contribution in [3.05, 3.63) is 23.3 Å². The van der Waals surface area contributed by atoms with Gasteiger partial charge in [0.15, 0.2) is 6.29 Å². The van der Waals surface area contributed by atoms with Crippen molar-refractivity contribution in [3.8, 4) is 0 Å². The minimum atomic E-state index is -1.16. The predicted octanol–water partition coefficient (Wildman–Crippen LogP) is 1.95. The molecule has 0 aromatic heterocycles. The maximum Gasteiger partial charge on any atom is 0.331 e. The van der Waals surface area contributed by atoms with Gasteiger partial charge < -0.3 is 35.3 Å². The summed E-state index contributed by atoms with van der Waals surface area (Å²) in [7, 11) is 0. The largest absolute Gasteiger partial charge is 0.458 e. The van der Waals surface area contributed by atoms with E-state index in [-0.39, 0.29) is 41.3 Å². The maximum absolute atomic E-state index is 12.3. The first-order valence-corrected chi connectivity index (χ1v) is 13.8. The van der Waals surface area contributed by atoms with Crippen LogP contribution in [0.1, 0.15) is 65.2 Å². The molecule has 200 valence electrons. The first-order chi connectivity index (χ1) is 17.1. The van der Waals surface area contributed by atoms with E-state index >= 15 is 0 Å². The second-order valence-electron chi connectivity index (χ2n) is 12.7. The third-order valence-corrected chi connectivity index (χ3v) is 11.2. The van der Waals surface area contributed by atoms with Crippen LogP contribution in [-0.2, 0) is 19.0 Å². The number of carbonyl (C=O) groups is 1. The van der Waals surface area contributed by atoms with Gasteiger partial charge in [-0.05, 0) is 80.1 Å². The summed E-state index contributed by atoms with van der Waals surface area (Å²) in [4.78, 5) is 11.8. The van der Waals surface area contributed by atoms with Gasteiger partial charge in [0, 0.05) is 11.5 Å². The molecule has 3 unspecified atom stereocenters. The summed E-state index contributed by atoms with van der Waals surface area (Å²) in [5.41, 5.74) is 7.29. The van der Waals surface area contributed by atoms with Crippen LogP contribution in [0.4, 0.5) is 0 Å². The van der Waals surface area contributed by atoms with Crippen molar-refractivity contribution in [2.75, 3.05) is 13.2 Å². The Bertz CT molecular complexity index is 981. The van der Waals surface area contributed by atoms with Gasteiger partial charge in [-0.1, -0.05) is 25.5 Å². The molecule has 6 rings (SSSR count). The summed E-state index contributed by atoms with van der Waals surface area (Å²) in [6.07, 6.45) is 7.95. The number of aliphatic hydroxyl groups is 3. The lowest BCUT2D eigenvalue weighted by molar-refractivity contribution is -0.259. The van der Waals surface area contributed by atoms with Crippen LogP contribution in [0.2, 0.25) is 0 Å². The third kappa shape index (κ3) is 3.52. The standard InChI is InChI=1S/C28H41NO7/c1-26-8-5-17(36-25-24(32)23(31)21(29)14-35-25)12-16(26)3-4-20-19(26)6-9-27(2)18(7-10-28(20,27)33)15-11-22(30)34-13-15/h11-12,17-21,23-25,31-33H,3-10,13-14,29H2,1-2H3/t17-,18+,19?,20?,21-,23-,24?,25+,26-,27+,28-/m0/s1. The lowest BCUT2D eigenvalue weighted by atomic mass is 9.45. The van der Waals surface area contributed by atoms with E-state index in [4.69, 9.17) is 19.9 Å². The molecule has 1 saturated heterocycles. The molecule has 8 heteroatoms. The molecule has 0 amide bonds. The van der Waals surface area contributed by atoms with E-state index in [1.165, 1.54) is 5.57 Å². The van der Waals surface area contributed by atoms with Gasteiger partial charge >= 0.3 is 5.97 Å². The Balaban J connectivity index is 1.20. The van der Waals surface area contributed by atoms with Gasteiger partial charge in [0.25, 0.3) is 0 Å². The van der Waals surface area contributed by atoms with Gasteiger partial charge in [-0.3, -0.25) is 0 Å². The van der Waals surface area contributed by atoms with Crippen LogP contribution in [0, 0.1) is 28.6 Å². The highest BCUT2D eigenvalue weighted by Crippen LogP contribution is 2.69. The van der Waals surface area contributed by atoms with Crippen LogP contribution in [0.15, 0.2) is 23.3 Å². The third-order valence-electron chi connectivity index (χ3n) is 11.2. The van der Waals surface area contributed by atoms with E-state index in [1.807, 2.05) is 0 Å². The van der Waals surface area contributed by atoms with Crippen molar-refractivity contribution in [3.63, 3.8) is 0 Å². The number of carbonyl (C=O) groups excluding carboxylic acids is 1. The summed E-state index contributed by atoms with van der Waals surface area (Å²) in [5, 5.41) is 32.8. The minimum absolute atomic E-state index is 0.0114. The van der Waals surface area contributed by atoms with Crippen LogP contribution in [0.25, 0.3) is 0 Å². The number of ether oxygens (including phenoxy) is 3. The lowest BCUT2D eigenvalue weighted by Crippen LogP contribution is -2.61. The van der Waals surface area contributed by atoms with Gasteiger partial charge in [0.1, 0.15) is 18.8 Å². The summed E-state index contributed by atoms with van der Waals surface area (Å²) in [6, 6.07) is -0.612. The molecular weight excluding hydrogens is 462 g/mol. The number of allylic oxidation sites excluding steroid dienone is 1. The molecule has 0 aromatic rings. The molecule has 0 bridgehead atoms. The minimum Gasteiger partial charge on any atom is -0.458 e. The van der Waals surface area contributed by atoms with E-state index in [2.05, 4.69) is 19.9 Å². The predicted molar refractivity (Wildman–Crippen MR) is 130 cm³/mol. The highest BCUT2D eigenvalue weighted by atomic mass is 16.7. The van der Waals surface area contributed by atoms with Gasteiger partial charge in [-0.25, -0.2) is 4.79 Å². The summed E-state index contributed by atoms with van der Waals surface area (Å²) in [5.74, 6) is 0.594. The Morgan fingerprint density at radius 1 is 1.06 bits per heavy atom. The van der Waals surface area contributed by atoms with Crippen molar-refractivity contribution >= 4 is 5.97 Å². The van der Waals surface area contributed by atoms with Crippen LogP contribution >= 0.6 is 0 Å². The SMILES string of the molecule is C[C@]12CC[C@H](O[C@H]3OC[C@H](N)[C@H](O)C3O)C=C1CCC1C2CC[C@]2(C)[C@@H](C3=CC(=O)OC3)CC[C@]12O. The number of hydrogen-bond acceptors (Lipinski definition) is 8. The molecule has 0 spiro atoms. The first kappa shape index (κ1) is 25.0. The number of cyclic esters (lactones) is 1. The Kier molecular flexibility index (Phi) is 5.98. The monoisotopic (exact) mass is 503 g/mol. The lowest BCUT2D eigenvalue weighted by Gasteiger charge is -2.62. The first-order valence-electron chi connectivity index (χ1n) is 13.8. The number of nitrogens with two attached hydrogens (primary N) is 1. The number of hydrogen-bond donors (Lipinski definition) is 4. The van der Waals surface area contributed by atoms with Gasteiger partial charge in [0.05, 0.1) is 24.4 Å². The molecule has 36 heavy (non-hydrogen) atoms. The number of fused-ring (bicyclic) bond motifs is 5. The zero-order valence-corrected chi connectivity index (χ0v) is 21.4. The molecule has 11 atom stereocenters. The highest BCUT2D eigenvalue weighted by molar-refractivity contribution is 5.85. The summed E-state index contributed by atoms with van der Waals surface area (Å²) in [6.45, 7) is 5.14. The van der Waals surface area contributed by atoms with E-state index in [0.29, 0.717) is 12.5 Å². The van der Waals surface area contributed by atoms with Crippen LogP contribution < -0.4 is 5.73 Å². The molecule has 0 aromatic carbocycles. The second-order valence-corrected chi connectivity index (χ2v) is 12.7. The van der Waals surface area contributed by atoms with Gasteiger partial charge in [-0.2, -0.15) is 0 Å². The fourth-order valence-corrected chi connectivity index (χ4v) is 9.07. The quantitative estimate of drug-likeness (QED) is 0.340. The van der Waals surface area contributed by atoms with Crippen molar-refractivity contribution in [2.45, 2.75) is 101 Å². The zero-order chi connectivity index (χ0) is 25.5. The molecule has 6 aliphatic rings. The Hall–Kier alpha value is -1.29. The maximum atomic E-state index is 12.3. The molecule has 2 aliphatic heterocycles. The zero-order valence-electron chi connectivity index (χ0n) is 21.4. The van der Waals surface area contributed by atoms with E-state index in [9.17, 15) is 20.1 Å². The molecule has 4 fully saturated rings. The topological polar surface area (TPSA) is 131 Å². The molecule has 3 saturated carbocycles. The van der Waals surface area contributed by atoms with Crippen molar-refractivity contribution in [2.24, 2.45) is 34.3 Å². The number of esters is 1. The highest BCUT2D eigenvalue weighted by Gasteiger charge is 2.67. The molecule has 8 nitrogen and oxygen atoms in total. The molecule has 5 N–H and O–H groups in total.